The molecule has 0 spiro atoms. The third-order valence-electron chi connectivity index (χ3n) is 11.9. The summed E-state index contributed by atoms with van der Waals surface area (Å²) in [6, 6.07) is 75.6. The summed E-state index contributed by atoms with van der Waals surface area (Å²) < 4.78 is 4.91. The largest absolute Gasteiger partial charge is 0.307 e. The zero-order valence-corrected chi connectivity index (χ0v) is 30.5. The molecular weight excluding hydrogens is 677 g/mol. The number of hydrogen-bond donors (Lipinski definition) is 0. The first-order valence-corrected chi connectivity index (χ1v) is 19.4. The normalized spacial score (nSPS) is 11.9. The van der Waals surface area contributed by atoms with E-state index in [4.69, 9.17) is 0 Å². The van der Waals surface area contributed by atoms with Gasteiger partial charge in [0.25, 0.3) is 0 Å². The Kier molecular flexibility index (Phi) is 6.66. The molecule has 12 aromatic rings. The number of nitrogens with zero attached hydrogens (tertiary/aromatic N) is 2. The minimum absolute atomic E-state index is 1.14. The van der Waals surface area contributed by atoms with Crippen molar-refractivity contribution in [1.29, 1.82) is 0 Å². The van der Waals surface area contributed by atoms with Crippen LogP contribution in [-0.4, -0.2) is 9.13 Å². The second kappa shape index (κ2) is 12.0. The first-order valence-electron chi connectivity index (χ1n) is 19.4. The highest BCUT2D eigenvalue weighted by atomic mass is 15.0. The van der Waals surface area contributed by atoms with E-state index in [9.17, 15) is 0 Å². The molecule has 0 N–H and O–H groups in total. The van der Waals surface area contributed by atoms with Crippen molar-refractivity contribution in [3.63, 3.8) is 0 Å². The lowest BCUT2D eigenvalue weighted by Crippen LogP contribution is -1.98. The molecule has 0 saturated carbocycles. The van der Waals surface area contributed by atoms with Crippen molar-refractivity contribution in [2.45, 2.75) is 0 Å². The number of benzene rings is 10. The van der Waals surface area contributed by atoms with Crippen LogP contribution in [0.4, 0.5) is 0 Å². The van der Waals surface area contributed by atoms with Gasteiger partial charge in [0, 0.05) is 32.9 Å². The van der Waals surface area contributed by atoms with Crippen LogP contribution >= 0.6 is 0 Å². The Morgan fingerprint density at radius 2 is 0.625 bits per heavy atom. The molecule has 10 aromatic carbocycles. The van der Waals surface area contributed by atoms with Gasteiger partial charge in [0.15, 0.2) is 0 Å². The molecule has 56 heavy (non-hydrogen) atoms. The number of fused-ring (bicyclic) bond motifs is 13. The predicted octanol–water partition coefficient (Wildman–Crippen LogP) is 14.7. The highest BCUT2D eigenvalue weighted by Gasteiger charge is 2.21. The van der Waals surface area contributed by atoms with Crippen LogP contribution in [-0.2, 0) is 0 Å². The maximum Gasteiger partial charge on any atom is 0.0788 e. The molecule has 0 unspecified atom stereocenters. The van der Waals surface area contributed by atoms with Crippen molar-refractivity contribution < 1.29 is 0 Å². The summed E-state index contributed by atoms with van der Waals surface area (Å²) in [5.41, 5.74) is 12.0. The second-order valence-electron chi connectivity index (χ2n) is 14.8. The van der Waals surface area contributed by atoms with Gasteiger partial charge in [-0.15, -0.1) is 0 Å². The van der Waals surface area contributed by atoms with E-state index in [1.807, 2.05) is 0 Å². The molecule has 0 radical (unpaired) electrons. The average Bonchev–Trinajstić information content (AvgIpc) is 3.80. The molecule has 0 aliphatic heterocycles. The van der Waals surface area contributed by atoms with Gasteiger partial charge in [-0.2, -0.15) is 0 Å². The Balaban J connectivity index is 1.00. The molecule has 0 amide bonds. The number of para-hydroxylation sites is 3. The number of aromatic nitrogens is 2. The highest BCUT2D eigenvalue weighted by molar-refractivity contribution is 6.28. The maximum atomic E-state index is 2.47. The van der Waals surface area contributed by atoms with Gasteiger partial charge in [-0.05, 0) is 91.0 Å². The van der Waals surface area contributed by atoms with Gasteiger partial charge >= 0.3 is 0 Å². The molecule has 0 fully saturated rings. The van der Waals surface area contributed by atoms with E-state index < -0.39 is 0 Å². The van der Waals surface area contributed by atoms with Crippen molar-refractivity contribution in [2.24, 2.45) is 0 Å². The zero-order chi connectivity index (χ0) is 36.7. The van der Waals surface area contributed by atoms with Crippen LogP contribution in [0.3, 0.4) is 0 Å². The minimum atomic E-state index is 1.14. The van der Waals surface area contributed by atoms with E-state index in [2.05, 4.69) is 215 Å². The van der Waals surface area contributed by atoms with Crippen LogP contribution in [0.15, 0.2) is 206 Å². The lowest BCUT2D eigenvalue weighted by Gasteiger charge is -2.15. The lowest BCUT2D eigenvalue weighted by molar-refractivity contribution is 1.15. The third kappa shape index (κ3) is 4.44. The molecule has 0 atom stereocenters. The summed E-state index contributed by atoms with van der Waals surface area (Å²) in [5, 5.41) is 12.8. The summed E-state index contributed by atoms with van der Waals surface area (Å²) in [6.07, 6.45) is 0. The Labute approximate surface area is 323 Å². The molecule has 2 aromatic heterocycles. The molecule has 0 saturated heterocycles. The quantitative estimate of drug-likeness (QED) is 0.161. The van der Waals surface area contributed by atoms with E-state index in [1.54, 1.807) is 0 Å². The van der Waals surface area contributed by atoms with E-state index in [0.29, 0.717) is 0 Å². The zero-order valence-electron chi connectivity index (χ0n) is 30.5. The van der Waals surface area contributed by atoms with E-state index in [0.717, 1.165) is 11.4 Å². The Hall–Kier alpha value is -7.42. The minimum Gasteiger partial charge on any atom is -0.307 e. The summed E-state index contributed by atoms with van der Waals surface area (Å²) in [5.74, 6) is 0. The average molecular weight is 711 g/mol. The van der Waals surface area contributed by atoms with Gasteiger partial charge in [0.2, 0.25) is 0 Å². The van der Waals surface area contributed by atoms with E-state index in [1.165, 1.54) is 98.2 Å². The van der Waals surface area contributed by atoms with Gasteiger partial charge in [0.1, 0.15) is 0 Å². The fourth-order valence-electron chi connectivity index (χ4n) is 9.46. The number of rotatable bonds is 4. The Morgan fingerprint density at radius 1 is 0.232 bits per heavy atom. The fourth-order valence-corrected chi connectivity index (χ4v) is 9.46. The monoisotopic (exact) mass is 710 g/mol. The molecule has 0 aliphatic rings. The van der Waals surface area contributed by atoms with Gasteiger partial charge in [-0.3, -0.25) is 0 Å². The Bertz CT molecular complexity index is 3450. The summed E-state index contributed by atoms with van der Waals surface area (Å²) >= 11 is 0. The maximum absolute atomic E-state index is 2.47. The predicted molar refractivity (Wildman–Crippen MR) is 239 cm³/mol. The molecule has 2 heteroatoms. The van der Waals surface area contributed by atoms with Crippen LogP contribution in [0, 0.1) is 0 Å². The molecular formula is C54H34N2. The molecule has 260 valence electrons. The molecule has 2 heterocycles. The van der Waals surface area contributed by atoms with Gasteiger partial charge < -0.3 is 9.13 Å². The summed E-state index contributed by atoms with van der Waals surface area (Å²) in [6.45, 7) is 0. The summed E-state index contributed by atoms with van der Waals surface area (Å²) in [4.78, 5) is 0. The van der Waals surface area contributed by atoms with Crippen LogP contribution in [0.1, 0.15) is 0 Å². The topological polar surface area (TPSA) is 9.86 Å². The second-order valence-corrected chi connectivity index (χ2v) is 14.8. The molecule has 12 rings (SSSR count). The number of hydrogen-bond acceptors (Lipinski definition) is 0. The molecule has 0 bridgehead atoms. The summed E-state index contributed by atoms with van der Waals surface area (Å²) in [7, 11) is 0. The lowest BCUT2D eigenvalue weighted by atomic mass is 9.89. The molecule has 2 nitrogen and oxygen atoms in total. The van der Waals surface area contributed by atoms with Gasteiger partial charge in [-0.25, -0.2) is 0 Å². The smallest absolute Gasteiger partial charge is 0.0788 e. The van der Waals surface area contributed by atoms with Gasteiger partial charge in [0.05, 0.1) is 22.1 Å². The first-order chi connectivity index (χ1) is 27.8. The van der Waals surface area contributed by atoms with Crippen molar-refractivity contribution in [2.75, 3.05) is 0 Å². The van der Waals surface area contributed by atoms with Crippen molar-refractivity contribution in [3.05, 3.63) is 206 Å². The van der Waals surface area contributed by atoms with Crippen molar-refractivity contribution in [1.82, 2.24) is 9.13 Å². The standard InChI is InChI=1S/C54H34N2/c1-2-13-38(14-3-1)55-50-23-10-8-18-44(50)48-33-34-49-45-19-9-11-24-51(45)56(54(49)53(48)55)39-31-29-36(30-32-39)35-25-27-37(28-26-35)40-21-12-22-47-43-16-5-4-15-41(43)42-17-6-7-20-46(42)52(40)47/h1-34H. The highest BCUT2D eigenvalue weighted by Crippen LogP contribution is 2.43. The van der Waals surface area contributed by atoms with E-state index >= 15 is 0 Å². The van der Waals surface area contributed by atoms with Crippen LogP contribution in [0.2, 0.25) is 0 Å². The molecule has 0 aliphatic carbocycles. The van der Waals surface area contributed by atoms with Crippen LogP contribution in [0.5, 0.6) is 0 Å². The van der Waals surface area contributed by atoms with Gasteiger partial charge in [-0.1, -0.05) is 170 Å². The Morgan fingerprint density at radius 3 is 1.18 bits per heavy atom. The fraction of sp³-hybridized carbons (Fsp3) is 0. The first kappa shape index (κ1) is 31.0. The van der Waals surface area contributed by atoms with Crippen molar-refractivity contribution in [3.8, 4) is 33.6 Å². The SMILES string of the molecule is c1ccc(-n2c3ccccc3c3ccc4c5ccccc5n(-c5ccc(-c6ccc(-c7cccc8c9ccccc9c9ccccc9c78)cc6)cc5)c4c32)cc1. The van der Waals surface area contributed by atoms with Crippen molar-refractivity contribution >= 4 is 75.9 Å². The van der Waals surface area contributed by atoms with Crippen LogP contribution in [0.25, 0.3) is 110 Å². The third-order valence-corrected chi connectivity index (χ3v) is 11.9. The van der Waals surface area contributed by atoms with Crippen LogP contribution < -0.4 is 0 Å². The van der Waals surface area contributed by atoms with E-state index in [-0.39, 0.29) is 0 Å².